The van der Waals surface area contributed by atoms with Crippen molar-refractivity contribution in [3.63, 3.8) is 0 Å². The summed E-state index contributed by atoms with van der Waals surface area (Å²) in [5.74, 6) is 0. The molecule has 0 N–H and O–H groups in total. The molecule has 1 aromatic carbocycles. The van der Waals surface area contributed by atoms with Crippen LogP contribution in [0.25, 0.3) is 0 Å². The summed E-state index contributed by atoms with van der Waals surface area (Å²) in [4.78, 5) is 10.7. The number of sulfonamides is 1. The average molecular weight is 344 g/mol. The number of benzene rings is 1. The lowest BCUT2D eigenvalue weighted by Gasteiger charge is -2.21. The van der Waals surface area contributed by atoms with Crippen molar-refractivity contribution in [1.29, 1.82) is 0 Å². The summed E-state index contributed by atoms with van der Waals surface area (Å²) in [5.41, 5.74) is 3.24. The third-order valence-electron chi connectivity index (χ3n) is 4.74. The molecule has 1 fully saturated rings. The summed E-state index contributed by atoms with van der Waals surface area (Å²) < 4.78 is 27.2. The lowest BCUT2D eigenvalue weighted by atomic mass is 10.2. The second-order valence-electron chi connectivity index (χ2n) is 6.32. The van der Waals surface area contributed by atoms with E-state index in [-0.39, 0.29) is 0 Å². The fourth-order valence-corrected chi connectivity index (χ4v) is 5.00. The van der Waals surface area contributed by atoms with Gasteiger partial charge in [0.05, 0.1) is 4.90 Å². The molecule has 24 heavy (non-hydrogen) atoms. The number of nitrogens with zero attached hydrogens (tertiary/aromatic N) is 4. The Morgan fingerprint density at radius 2 is 1.79 bits per heavy atom. The zero-order valence-electron chi connectivity index (χ0n) is 13.4. The molecule has 0 atom stereocenters. The van der Waals surface area contributed by atoms with E-state index in [4.69, 9.17) is 0 Å². The van der Waals surface area contributed by atoms with E-state index >= 15 is 0 Å². The highest BCUT2D eigenvalue weighted by Crippen LogP contribution is 2.33. The summed E-state index contributed by atoms with van der Waals surface area (Å²) in [6, 6.07) is 5.54. The number of hydrogen-bond donors (Lipinski definition) is 0. The predicted molar refractivity (Wildman–Crippen MR) is 91.2 cm³/mol. The molecule has 0 aliphatic carbocycles. The molecule has 0 spiro atoms. The van der Waals surface area contributed by atoms with E-state index in [0.717, 1.165) is 37.1 Å². The van der Waals surface area contributed by atoms with Gasteiger partial charge in [-0.15, -0.1) is 0 Å². The maximum atomic E-state index is 12.8. The molecule has 2 aliphatic heterocycles. The lowest BCUT2D eigenvalue weighted by molar-refractivity contribution is 0.477. The summed E-state index contributed by atoms with van der Waals surface area (Å²) in [5, 5.41) is 0. The van der Waals surface area contributed by atoms with Crippen molar-refractivity contribution in [2.24, 2.45) is 0 Å². The van der Waals surface area contributed by atoms with E-state index in [1.54, 1.807) is 22.8 Å². The van der Waals surface area contributed by atoms with E-state index in [9.17, 15) is 8.42 Å². The second kappa shape index (κ2) is 6.14. The molecule has 4 rings (SSSR count). The number of hydrogen-bond acceptors (Lipinski definition) is 5. The molecule has 3 heterocycles. The Morgan fingerprint density at radius 1 is 1.04 bits per heavy atom. The van der Waals surface area contributed by atoms with E-state index < -0.39 is 10.0 Å². The molecule has 126 valence electrons. The Labute approximate surface area is 142 Å². The van der Waals surface area contributed by atoms with Crippen molar-refractivity contribution in [1.82, 2.24) is 14.3 Å². The number of rotatable bonds is 4. The fraction of sp³-hybridized carbons (Fsp3) is 0.412. The van der Waals surface area contributed by atoms with Gasteiger partial charge in [0.25, 0.3) is 0 Å². The molecule has 7 heteroatoms. The summed E-state index contributed by atoms with van der Waals surface area (Å²) >= 11 is 0. The zero-order chi connectivity index (χ0) is 16.6. The molecule has 1 saturated heterocycles. The monoisotopic (exact) mass is 344 g/mol. The molecule has 2 aliphatic rings. The fourth-order valence-electron chi connectivity index (χ4n) is 3.46. The largest absolute Gasteiger partial charge is 0.366 e. The van der Waals surface area contributed by atoms with E-state index in [1.807, 2.05) is 12.1 Å². The minimum absolute atomic E-state index is 0.402. The van der Waals surface area contributed by atoms with Gasteiger partial charge >= 0.3 is 0 Å². The molecule has 0 bridgehead atoms. The van der Waals surface area contributed by atoms with Gasteiger partial charge in [0.2, 0.25) is 10.0 Å². The second-order valence-corrected chi connectivity index (χ2v) is 8.26. The zero-order valence-corrected chi connectivity index (χ0v) is 14.2. The first-order chi connectivity index (χ1) is 11.6. The number of aromatic nitrogens is 2. The first-order valence-corrected chi connectivity index (χ1v) is 9.70. The first kappa shape index (κ1) is 15.5. The highest BCUT2D eigenvalue weighted by atomic mass is 32.2. The highest BCUT2D eigenvalue weighted by molar-refractivity contribution is 7.89. The predicted octanol–water partition coefficient (Wildman–Crippen LogP) is 1.82. The molecule has 6 nitrogen and oxygen atoms in total. The summed E-state index contributed by atoms with van der Waals surface area (Å²) in [6.45, 7) is 2.84. The van der Waals surface area contributed by atoms with E-state index in [0.29, 0.717) is 24.5 Å². The van der Waals surface area contributed by atoms with Crippen molar-refractivity contribution in [3.05, 3.63) is 48.0 Å². The normalized spacial score (nSPS) is 18.1. The summed E-state index contributed by atoms with van der Waals surface area (Å²) in [7, 11) is -3.37. The molecular formula is C17H20N4O2S. The molecule has 1 aromatic heterocycles. The van der Waals surface area contributed by atoms with Gasteiger partial charge in [-0.25, -0.2) is 18.4 Å². The molecule has 2 aromatic rings. The lowest BCUT2D eigenvalue weighted by Crippen LogP contribution is -2.28. The van der Waals surface area contributed by atoms with Crippen LogP contribution in [-0.4, -0.2) is 42.3 Å². The van der Waals surface area contributed by atoms with Crippen LogP contribution in [0.15, 0.2) is 41.8 Å². The highest BCUT2D eigenvalue weighted by Gasteiger charge is 2.29. The van der Waals surface area contributed by atoms with Gasteiger partial charge in [0, 0.05) is 49.8 Å². The van der Waals surface area contributed by atoms with Gasteiger partial charge in [-0.05, 0) is 37.0 Å². The Bertz CT molecular complexity index is 833. The van der Waals surface area contributed by atoms with Gasteiger partial charge in [0.1, 0.15) is 6.33 Å². The molecule has 0 radical (unpaired) electrons. The van der Waals surface area contributed by atoms with Crippen LogP contribution >= 0.6 is 0 Å². The van der Waals surface area contributed by atoms with Crippen LogP contribution in [0.2, 0.25) is 0 Å². The van der Waals surface area contributed by atoms with Crippen molar-refractivity contribution in [2.45, 2.75) is 30.7 Å². The van der Waals surface area contributed by atoms with Crippen molar-refractivity contribution < 1.29 is 8.42 Å². The van der Waals surface area contributed by atoms with Gasteiger partial charge in [-0.3, -0.25) is 0 Å². The Kier molecular flexibility index (Phi) is 3.97. The number of anilines is 1. The minimum Gasteiger partial charge on any atom is -0.366 e. The van der Waals surface area contributed by atoms with Gasteiger partial charge in [0.15, 0.2) is 0 Å². The standard InChI is InChI=1S/C17H20N4O2S/c22-24(23,21-6-1-2-7-21)16-4-3-15-5-8-20(17(15)9-16)12-14-10-18-13-19-11-14/h3-4,9-11,13H,1-2,5-8,12H2. The Balaban J connectivity index is 1.63. The van der Waals surface area contributed by atoms with Crippen LogP contribution in [0.1, 0.15) is 24.0 Å². The third kappa shape index (κ3) is 2.78. The maximum absolute atomic E-state index is 12.8. The molecule has 0 amide bonds. The Morgan fingerprint density at radius 3 is 2.54 bits per heavy atom. The molecule has 0 unspecified atom stereocenters. The number of fused-ring (bicyclic) bond motifs is 1. The van der Waals surface area contributed by atoms with Crippen LogP contribution in [0, 0.1) is 0 Å². The van der Waals surface area contributed by atoms with Crippen molar-refractivity contribution >= 4 is 15.7 Å². The smallest absolute Gasteiger partial charge is 0.243 e. The maximum Gasteiger partial charge on any atom is 0.243 e. The van der Waals surface area contributed by atoms with E-state index in [2.05, 4.69) is 14.9 Å². The van der Waals surface area contributed by atoms with Gasteiger partial charge < -0.3 is 4.90 Å². The van der Waals surface area contributed by atoms with Crippen LogP contribution in [0.3, 0.4) is 0 Å². The topological polar surface area (TPSA) is 66.4 Å². The SMILES string of the molecule is O=S(=O)(c1ccc2c(c1)N(Cc1cncnc1)CC2)N1CCCC1. The van der Waals surface area contributed by atoms with Crippen LogP contribution in [-0.2, 0) is 23.0 Å². The van der Waals surface area contributed by atoms with Crippen LogP contribution in [0.5, 0.6) is 0 Å². The Hall–Kier alpha value is -1.99. The van der Waals surface area contributed by atoms with Crippen molar-refractivity contribution in [3.8, 4) is 0 Å². The summed E-state index contributed by atoms with van der Waals surface area (Å²) in [6.07, 6.45) is 7.95. The van der Waals surface area contributed by atoms with Crippen molar-refractivity contribution in [2.75, 3.05) is 24.5 Å². The van der Waals surface area contributed by atoms with Crippen LogP contribution in [0.4, 0.5) is 5.69 Å². The first-order valence-electron chi connectivity index (χ1n) is 8.26. The molecular weight excluding hydrogens is 324 g/mol. The third-order valence-corrected chi connectivity index (χ3v) is 6.63. The minimum atomic E-state index is -3.37. The van der Waals surface area contributed by atoms with Gasteiger partial charge in [-0.1, -0.05) is 6.07 Å². The van der Waals surface area contributed by atoms with E-state index in [1.165, 1.54) is 11.9 Å². The molecule has 0 saturated carbocycles. The quantitative estimate of drug-likeness (QED) is 0.846. The van der Waals surface area contributed by atoms with Gasteiger partial charge in [-0.2, -0.15) is 4.31 Å². The average Bonchev–Trinajstić information content (AvgIpc) is 3.26. The van der Waals surface area contributed by atoms with Crippen LogP contribution < -0.4 is 4.90 Å².